The van der Waals surface area contributed by atoms with Crippen LogP contribution in [0.4, 0.5) is 13.2 Å². The lowest BCUT2D eigenvalue weighted by Crippen LogP contribution is -2.25. The summed E-state index contributed by atoms with van der Waals surface area (Å²) in [7, 11) is -5.35. The van der Waals surface area contributed by atoms with E-state index in [0.717, 1.165) is 6.07 Å². The first-order chi connectivity index (χ1) is 9.10. The Morgan fingerprint density at radius 1 is 1.20 bits per heavy atom. The number of sulfone groups is 1. The molecule has 4 nitrogen and oxygen atoms in total. The highest BCUT2D eigenvalue weighted by Crippen LogP contribution is 2.29. The average molecular weight is 306 g/mol. The van der Waals surface area contributed by atoms with Gasteiger partial charge in [-0.05, 0) is 24.6 Å². The normalized spacial score (nSPS) is 12.8. The van der Waals surface area contributed by atoms with Gasteiger partial charge in [0.05, 0.1) is 5.75 Å². The van der Waals surface area contributed by atoms with Crippen LogP contribution in [-0.4, -0.2) is 13.9 Å². The summed E-state index contributed by atoms with van der Waals surface area (Å²) in [6.45, 7) is 1.69. The highest BCUT2D eigenvalue weighted by Gasteiger charge is 2.45. The van der Waals surface area contributed by atoms with E-state index in [4.69, 9.17) is 4.42 Å². The monoisotopic (exact) mass is 306 g/mol. The lowest BCUT2D eigenvalue weighted by atomic mass is 10.1. The predicted molar refractivity (Wildman–Crippen MR) is 65.9 cm³/mol. The van der Waals surface area contributed by atoms with E-state index in [1.165, 1.54) is 12.1 Å². The van der Waals surface area contributed by atoms with Gasteiger partial charge in [-0.25, -0.2) is 13.2 Å². The van der Waals surface area contributed by atoms with E-state index in [1.807, 2.05) is 0 Å². The summed E-state index contributed by atoms with van der Waals surface area (Å²) in [4.78, 5) is 11.3. The summed E-state index contributed by atoms with van der Waals surface area (Å²) in [6.07, 6.45) is 0. The van der Waals surface area contributed by atoms with Gasteiger partial charge in [0.2, 0.25) is 0 Å². The van der Waals surface area contributed by atoms with Crippen molar-refractivity contribution in [2.45, 2.75) is 18.2 Å². The molecule has 0 fully saturated rings. The summed E-state index contributed by atoms with van der Waals surface area (Å²) >= 11 is 0. The zero-order chi connectivity index (χ0) is 15.1. The second kappa shape index (κ2) is 4.62. The molecule has 1 aromatic heterocycles. The van der Waals surface area contributed by atoms with Crippen molar-refractivity contribution >= 4 is 20.8 Å². The van der Waals surface area contributed by atoms with E-state index in [-0.39, 0.29) is 16.5 Å². The maximum atomic E-state index is 12.4. The van der Waals surface area contributed by atoms with Gasteiger partial charge in [-0.3, -0.25) is 0 Å². The van der Waals surface area contributed by atoms with Crippen molar-refractivity contribution in [1.29, 1.82) is 0 Å². The van der Waals surface area contributed by atoms with Crippen LogP contribution in [0.5, 0.6) is 0 Å². The Labute approximate surface area is 111 Å². The van der Waals surface area contributed by atoms with Crippen molar-refractivity contribution in [2.75, 3.05) is 0 Å². The quantitative estimate of drug-likeness (QED) is 0.800. The molecule has 108 valence electrons. The molecular weight excluding hydrogens is 297 g/mol. The number of hydrogen-bond acceptors (Lipinski definition) is 4. The Morgan fingerprint density at radius 2 is 1.85 bits per heavy atom. The van der Waals surface area contributed by atoms with Gasteiger partial charge >= 0.3 is 11.1 Å². The van der Waals surface area contributed by atoms with Crippen LogP contribution in [0.3, 0.4) is 0 Å². The van der Waals surface area contributed by atoms with Gasteiger partial charge in [0.1, 0.15) is 5.58 Å². The van der Waals surface area contributed by atoms with E-state index in [9.17, 15) is 26.4 Å². The van der Waals surface area contributed by atoms with E-state index < -0.39 is 26.7 Å². The lowest BCUT2D eigenvalue weighted by molar-refractivity contribution is -0.0437. The molecule has 0 atom stereocenters. The van der Waals surface area contributed by atoms with E-state index in [1.54, 1.807) is 13.0 Å². The molecule has 0 saturated carbocycles. The number of rotatable bonds is 2. The number of hydrogen-bond donors (Lipinski definition) is 0. The fourth-order valence-corrected chi connectivity index (χ4v) is 2.56. The maximum absolute atomic E-state index is 12.4. The SMILES string of the molecule is Cc1ccc2oc(=O)cc(CS(=O)(=O)C(F)(F)F)c2c1. The van der Waals surface area contributed by atoms with Crippen LogP contribution >= 0.6 is 0 Å². The van der Waals surface area contributed by atoms with Crippen molar-refractivity contribution < 1.29 is 26.0 Å². The summed E-state index contributed by atoms with van der Waals surface area (Å²) in [6, 6.07) is 5.26. The third-order valence-corrected chi connectivity index (χ3v) is 4.08. The topological polar surface area (TPSA) is 64.3 Å². The Kier molecular flexibility index (Phi) is 3.37. The summed E-state index contributed by atoms with van der Waals surface area (Å²) in [5, 5.41) is 0.178. The maximum Gasteiger partial charge on any atom is 0.497 e. The number of alkyl halides is 3. The molecule has 0 N–H and O–H groups in total. The van der Waals surface area contributed by atoms with Crippen LogP contribution in [0.2, 0.25) is 0 Å². The molecule has 0 radical (unpaired) electrons. The second-order valence-corrected chi connectivity index (χ2v) is 6.28. The van der Waals surface area contributed by atoms with Gasteiger partial charge < -0.3 is 4.42 Å². The highest BCUT2D eigenvalue weighted by molar-refractivity contribution is 7.91. The molecule has 0 amide bonds. The summed E-state index contributed by atoms with van der Waals surface area (Å²) < 4.78 is 64.5. The van der Waals surface area contributed by atoms with Gasteiger partial charge in [-0.1, -0.05) is 11.6 Å². The van der Waals surface area contributed by atoms with Crippen LogP contribution in [0, 0.1) is 6.92 Å². The molecular formula is C12H9F3O4S. The number of benzene rings is 1. The zero-order valence-corrected chi connectivity index (χ0v) is 11.0. The van der Waals surface area contributed by atoms with Gasteiger partial charge in [0, 0.05) is 11.5 Å². The third kappa shape index (κ3) is 2.69. The third-order valence-electron chi connectivity index (χ3n) is 2.68. The lowest BCUT2D eigenvalue weighted by Gasteiger charge is -2.09. The van der Waals surface area contributed by atoms with E-state index >= 15 is 0 Å². The standard InChI is InChI=1S/C12H9F3O4S/c1-7-2-3-10-9(4-7)8(5-11(16)19-10)6-20(17,18)12(13,14)15/h2-5H,6H2,1H3. The van der Waals surface area contributed by atoms with Crippen molar-refractivity contribution in [3.8, 4) is 0 Å². The van der Waals surface area contributed by atoms with Gasteiger partial charge in [-0.2, -0.15) is 13.2 Å². The molecule has 0 aliphatic heterocycles. The van der Waals surface area contributed by atoms with E-state index in [2.05, 4.69) is 0 Å². The summed E-state index contributed by atoms with van der Waals surface area (Å²) in [5.74, 6) is -1.29. The molecule has 0 unspecified atom stereocenters. The van der Waals surface area contributed by atoms with Crippen LogP contribution in [0.15, 0.2) is 33.5 Å². The molecule has 8 heteroatoms. The van der Waals surface area contributed by atoms with Crippen molar-refractivity contribution in [3.63, 3.8) is 0 Å². The summed E-state index contributed by atoms with van der Waals surface area (Å²) in [5.41, 5.74) is -5.72. The minimum Gasteiger partial charge on any atom is -0.423 e. The van der Waals surface area contributed by atoms with Crippen LogP contribution in [0.1, 0.15) is 11.1 Å². The minimum atomic E-state index is -5.36. The van der Waals surface area contributed by atoms with Gasteiger partial charge in [0.25, 0.3) is 9.84 Å². The van der Waals surface area contributed by atoms with Gasteiger partial charge in [0.15, 0.2) is 0 Å². The van der Waals surface area contributed by atoms with Crippen LogP contribution < -0.4 is 5.63 Å². The zero-order valence-electron chi connectivity index (χ0n) is 10.2. The van der Waals surface area contributed by atoms with Crippen molar-refractivity contribution in [3.05, 3.63) is 45.8 Å². The number of halogens is 3. The van der Waals surface area contributed by atoms with Crippen molar-refractivity contribution in [1.82, 2.24) is 0 Å². The smallest absolute Gasteiger partial charge is 0.423 e. The van der Waals surface area contributed by atoms with Crippen LogP contribution in [-0.2, 0) is 15.6 Å². The second-order valence-electron chi connectivity index (χ2n) is 4.30. The largest absolute Gasteiger partial charge is 0.497 e. The van der Waals surface area contributed by atoms with E-state index in [0.29, 0.717) is 5.56 Å². The Morgan fingerprint density at radius 3 is 2.45 bits per heavy atom. The molecule has 2 rings (SSSR count). The molecule has 0 aliphatic carbocycles. The molecule has 0 bridgehead atoms. The predicted octanol–water partition coefficient (Wildman–Crippen LogP) is 2.54. The minimum absolute atomic E-state index is 0.0514. The average Bonchev–Trinajstić information content (AvgIpc) is 2.28. The fourth-order valence-electron chi connectivity index (χ4n) is 1.75. The Bertz CT molecular complexity index is 819. The van der Waals surface area contributed by atoms with Gasteiger partial charge in [-0.15, -0.1) is 0 Å². The number of aryl methyl sites for hydroxylation is 1. The Balaban J connectivity index is 2.66. The first kappa shape index (κ1) is 14.6. The molecule has 2 aromatic rings. The highest BCUT2D eigenvalue weighted by atomic mass is 32.2. The molecule has 20 heavy (non-hydrogen) atoms. The Hall–Kier alpha value is -1.83. The van der Waals surface area contributed by atoms with Crippen LogP contribution in [0.25, 0.3) is 11.0 Å². The first-order valence-corrected chi connectivity index (χ1v) is 7.08. The fraction of sp³-hybridized carbons (Fsp3) is 0.250. The van der Waals surface area contributed by atoms with Crippen molar-refractivity contribution in [2.24, 2.45) is 0 Å². The molecule has 0 aliphatic rings. The molecule has 0 spiro atoms. The molecule has 1 aromatic carbocycles. The molecule has 1 heterocycles. The first-order valence-electron chi connectivity index (χ1n) is 5.42. The number of fused-ring (bicyclic) bond motifs is 1. The molecule has 0 saturated heterocycles.